The molecule has 0 unspecified atom stereocenters. The summed E-state index contributed by atoms with van der Waals surface area (Å²) in [7, 11) is 0. The Balaban J connectivity index is 1.74. The molecule has 4 rings (SSSR count). The highest BCUT2D eigenvalue weighted by Crippen LogP contribution is 2.35. The monoisotopic (exact) mass is 326 g/mol. The second kappa shape index (κ2) is 5.16. The number of nitrogens with zero attached hydrogens (tertiary/aromatic N) is 3. The van der Waals surface area contributed by atoms with Crippen molar-refractivity contribution < 1.29 is 4.79 Å². The molecule has 2 aliphatic rings. The van der Waals surface area contributed by atoms with Gasteiger partial charge in [0.2, 0.25) is 0 Å². The largest absolute Gasteiger partial charge is 0.347 e. The first kappa shape index (κ1) is 14.4. The van der Waals surface area contributed by atoms with Crippen molar-refractivity contribution in [1.29, 1.82) is 0 Å². The molecule has 23 heavy (non-hydrogen) atoms. The first-order chi connectivity index (χ1) is 11.1. The van der Waals surface area contributed by atoms with Crippen LogP contribution in [0.5, 0.6) is 0 Å². The summed E-state index contributed by atoms with van der Waals surface area (Å²) in [6, 6.07) is 9.83. The zero-order chi connectivity index (χ0) is 16.1. The van der Waals surface area contributed by atoms with Crippen molar-refractivity contribution in [1.82, 2.24) is 20.0 Å². The maximum absolute atomic E-state index is 12.8. The molecule has 1 aliphatic heterocycles. The third-order valence-electron chi connectivity index (χ3n) is 4.52. The molecule has 2 fully saturated rings. The highest BCUT2D eigenvalue weighted by Gasteiger charge is 2.45. The second-order valence-corrected chi connectivity index (χ2v) is 6.54. The molecule has 0 spiro atoms. The molecule has 1 aromatic heterocycles. The van der Waals surface area contributed by atoms with E-state index in [1.54, 1.807) is 4.90 Å². The van der Waals surface area contributed by atoms with E-state index in [2.05, 4.69) is 10.4 Å². The number of aromatic nitrogens is 2. The number of nitrogens with one attached hydrogen (secondary N) is 1. The fraction of sp³-hybridized carbons (Fsp3) is 0.353. The van der Waals surface area contributed by atoms with Crippen molar-refractivity contribution in [3.63, 3.8) is 0 Å². The number of amides is 1. The minimum atomic E-state index is -0.416. The molecule has 6 heteroatoms. The van der Waals surface area contributed by atoms with Gasteiger partial charge < -0.3 is 5.32 Å². The lowest BCUT2D eigenvalue weighted by Crippen LogP contribution is -2.32. The number of benzene rings is 1. The van der Waals surface area contributed by atoms with Gasteiger partial charge in [0.25, 0.3) is 5.91 Å². The van der Waals surface area contributed by atoms with E-state index in [9.17, 15) is 4.79 Å². The van der Waals surface area contributed by atoms with E-state index in [1.165, 1.54) is 0 Å². The molecule has 5 nitrogen and oxygen atoms in total. The van der Waals surface area contributed by atoms with Gasteiger partial charge in [0.15, 0.2) is 5.11 Å². The maximum Gasteiger partial charge on any atom is 0.256 e. The van der Waals surface area contributed by atoms with Gasteiger partial charge in [-0.05, 0) is 51.0 Å². The number of carbonyl (C=O) groups is 1. The molecular weight excluding hydrogens is 308 g/mol. The molecule has 1 saturated heterocycles. The normalized spacial score (nSPS) is 21.0. The van der Waals surface area contributed by atoms with Crippen LogP contribution in [0.1, 0.15) is 35.8 Å². The van der Waals surface area contributed by atoms with Gasteiger partial charge in [0, 0.05) is 17.3 Å². The summed E-state index contributed by atoms with van der Waals surface area (Å²) in [5.41, 5.74) is 3.76. The van der Waals surface area contributed by atoms with E-state index in [4.69, 9.17) is 12.2 Å². The van der Waals surface area contributed by atoms with Crippen molar-refractivity contribution in [3.8, 4) is 5.69 Å². The molecule has 0 bridgehead atoms. The van der Waals surface area contributed by atoms with Crippen LogP contribution in [0.15, 0.2) is 30.3 Å². The number of hydrogen-bond donors (Lipinski definition) is 1. The number of aryl methyl sites for hydroxylation is 1. The number of carbonyl (C=O) groups excluding carboxylic acids is 1. The Morgan fingerprint density at radius 1 is 1.22 bits per heavy atom. The highest BCUT2D eigenvalue weighted by molar-refractivity contribution is 7.80. The van der Waals surface area contributed by atoms with Crippen molar-refractivity contribution in [3.05, 3.63) is 47.3 Å². The van der Waals surface area contributed by atoms with Crippen LogP contribution in [-0.4, -0.2) is 31.7 Å². The Morgan fingerprint density at radius 2 is 1.91 bits per heavy atom. The SMILES string of the molecule is Cc1nn(-c2ccccc2)c(C)c1[C@H]1NC(=S)N(C2CC2)C1=O. The predicted octanol–water partition coefficient (Wildman–Crippen LogP) is 2.41. The van der Waals surface area contributed by atoms with Gasteiger partial charge in [-0.15, -0.1) is 0 Å². The molecule has 1 aliphatic carbocycles. The average Bonchev–Trinajstić information content (AvgIpc) is 3.27. The van der Waals surface area contributed by atoms with E-state index in [-0.39, 0.29) is 11.9 Å². The summed E-state index contributed by atoms with van der Waals surface area (Å²) in [5, 5.41) is 8.37. The molecular formula is C17H18N4OS. The summed E-state index contributed by atoms with van der Waals surface area (Å²) < 4.78 is 1.89. The molecule has 1 saturated carbocycles. The van der Waals surface area contributed by atoms with Crippen molar-refractivity contribution >= 4 is 23.2 Å². The summed E-state index contributed by atoms with van der Waals surface area (Å²) >= 11 is 5.36. The number of thiocarbonyl (C=S) groups is 1. The van der Waals surface area contributed by atoms with E-state index < -0.39 is 6.04 Å². The number of hydrogen-bond acceptors (Lipinski definition) is 3. The van der Waals surface area contributed by atoms with E-state index in [0.29, 0.717) is 5.11 Å². The van der Waals surface area contributed by atoms with E-state index in [0.717, 1.165) is 35.5 Å². The standard InChI is InChI=1S/C17H18N4OS/c1-10-14(11(2)21(19-10)13-6-4-3-5-7-13)15-16(22)20(12-8-9-12)17(23)18-15/h3-7,12,15H,8-9H2,1-2H3,(H,18,23)/t15-/m1/s1. The van der Waals surface area contributed by atoms with Crippen molar-refractivity contribution in [2.24, 2.45) is 0 Å². The quantitative estimate of drug-likeness (QED) is 0.880. The first-order valence-corrected chi connectivity index (χ1v) is 8.24. The fourth-order valence-electron chi connectivity index (χ4n) is 3.26. The Kier molecular flexibility index (Phi) is 3.23. The molecule has 2 heterocycles. The summed E-state index contributed by atoms with van der Waals surface area (Å²) in [6.45, 7) is 3.94. The van der Waals surface area contributed by atoms with Crippen LogP contribution < -0.4 is 5.32 Å². The minimum Gasteiger partial charge on any atom is -0.347 e. The van der Waals surface area contributed by atoms with Crippen molar-refractivity contribution in [2.45, 2.75) is 38.8 Å². The predicted molar refractivity (Wildman–Crippen MR) is 91.4 cm³/mol. The Bertz CT molecular complexity index is 794. The van der Waals surface area contributed by atoms with Crippen LogP contribution in [-0.2, 0) is 4.79 Å². The van der Waals surface area contributed by atoms with Crippen LogP contribution in [0.25, 0.3) is 5.69 Å². The van der Waals surface area contributed by atoms with Crippen molar-refractivity contribution in [2.75, 3.05) is 0 Å². The Hall–Kier alpha value is -2.21. The summed E-state index contributed by atoms with van der Waals surface area (Å²) in [5.74, 6) is 0.0521. The molecule has 2 aromatic rings. The zero-order valence-electron chi connectivity index (χ0n) is 13.1. The Labute approximate surface area is 140 Å². The van der Waals surface area contributed by atoms with Gasteiger partial charge in [0.05, 0.1) is 11.4 Å². The molecule has 1 N–H and O–H groups in total. The van der Waals surface area contributed by atoms with Gasteiger partial charge in [-0.3, -0.25) is 9.69 Å². The van der Waals surface area contributed by atoms with Crippen LogP contribution in [0, 0.1) is 13.8 Å². The lowest BCUT2D eigenvalue weighted by Gasteiger charge is -2.13. The van der Waals surface area contributed by atoms with Crippen LogP contribution in [0.3, 0.4) is 0 Å². The van der Waals surface area contributed by atoms with Gasteiger partial charge in [-0.2, -0.15) is 5.10 Å². The second-order valence-electron chi connectivity index (χ2n) is 6.15. The van der Waals surface area contributed by atoms with Crippen LogP contribution >= 0.6 is 12.2 Å². The van der Waals surface area contributed by atoms with Crippen LogP contribution in [0.4, 0.5) is 0 Å². The van der Waals surface area contributed by atoms with E-state index in [1.807, 2.05) is 48.9 Å². The van der Waals surface area contributed by atoms with Gasteiger partial charge >= 0.3 is 0 Å². The first-order valence-electron chi connectivity index (χ1n) is 7.83. The molecule has 1 amide bonds. The number of rotatable bonds is 3. The number of para-hydroxylation sites is 1. The lowest BCUT2D eigenvalue weighted by atomic mass is 10.0. The topological polar surface area (TPSA) is 50.2 Å². The fourth-order valence-corrected chi connectivity index (χ4v) is 3.62. The molecule has 1 atom stereocenters. The molecule has 1 aromatic carbocycles. The van der Waals surface area contributed by atoms with E-state index >= 15 is 0 Å². The van der Waals surface area contributed by atoms with Crippen LogP contribution in [0.2, 0.25) is 0 Å². The smallest absolute Gasteiger partial charge is 0.256 e. The third kappa shape index (κ3) is 2.25. The van der Waals surface area contributed by atoms with Gasteiger partial charge in [-0.25, -0.2) is 4.68 Å². The highest BCUT2D eigenvalue weighted by atomic mass is 32.1. The minimum absolute atomic E-state index is 0.0521. The average molecular weight is 326 g/mol. The summed E-state index contributed by atoms with van der Waals surface area (Å²) in [6.07, 6.45) is 2.09. The molecule has 0 radical (unpaired) electrons. The third-order valence-corrected chi connectivity index (χ3v) is 4.83. The van der Waals surface area contributed by atoms with Gasteiger partial charge in [-0.1, -0.05) is 18.2 Å². The maximum atomic E-state index is 12.8. The lowest BCUT2D eigenvalue weighted by molar-refractivity contribution is -0.127. The molecule has 118 valence electrons. The Morgan fingerprint density at radius 3 is 2.57 bits per heavy atom. The van der Waals surface area contributed by atoms with Gasteiger partial charge in [0.1, 0.15) is 6.04 Å². The zero-order valence-corrected chi connectivity index (χ0v) is 13.9. The summed E-state index contributed by atoms with van der Waals surface area (Å²) in [4.78, 5) is 14.5.